The Hall–Kier alpha value is -2.81. The Morgan fingerprint density at radius 3 is 2.54 bits per heavy atom. The molecule has 1 saturated heterocycles. The molecule has 9 nitrogen and oxygen atoms in total. The zero-order valence-electron chi connectivity index (χ0n) is 14.7. The maximum Gasteiger partial charge on any atom is 0.339 e. The van der Waals surface area contributed by atoms with Gasteiger partial charge in [-0.3, -0.25) is 9.59 Å². The van der Waals surface area contributed by atoms with Crippen LogP contribution in [-0.2, 0) is 19.1 Å². The molecule has 0 aliphatic carbocycles. The second-order valence-corrected chi connectivity index (χ2v) is 5.60. The number of amides is 2. The van der Waals surface area contributed by atoms with Crippen LogP contribution in [-0.4, -0.2) is 68.8 Å². The maximum absolute atomic E-state index is 12.1. The molecule has 26 heavy (non-hydrogen) atoms. The van der Waals surface area contributed by atoms with E-state index >= 15 is 0 Å². The van der Waals surface area contributed by atoms with Gasteiger partial charge in [-0.1, -0.05) is 0 Å². The average molecular weight is 366 g/mol. The Morgan fingerprint density at radius 1 is 1.23 bits per heavy atom. The first kappa shape index (κ1) is 19.5. The van der Waals surface area contributed by atoms with E-state index in [9.17, 15) is 14.4 Å². The van der Waals surface area contributed by atoms with Crippen LogP contribution in [0, 0.1) is 0 Å². The molecule has 0 saturated carbocycles. The topological polar surface area (TPSA) is 117 Å². The third-order valence-corrected chi connectivity index (χ3v) is 3.80. The summed E-state index contributed by atoms with van der Waals surface area (Å²) >= 11 is 0. The number of morpholine rings is 1. The van der Waals surface area contributed by atoms with Crippen LogP contribution in [0.2, 0.25) is 0 Å². The highest BCUT2D eigenvalue weighted by molar-refractivity contribution is 5.92. The van der Waals surface area contributed by atoms with Crippen molar-refractivity contribution in [3.63, 3.8) is 0 Å². The summed E-state index contributed by atoms with van der Waals surface area (Å²) in [6, 6.07) is 4.36. The molecule has 2 rings (SSSR count). The van der Waals surface area contributed by atoms with Gasteiger partial charge >= 0.3 is 5.97 Å². The number of methoxy groups -OCH3 is 1. The molecule has 2 N–H and O–H groups in total. The van der Waals surface area contributed by atoms with Gasteiger partial charge in [0.1, 0.15) is 0 Å². The number of primary amides is 1. The number of rotatable bonds is 7. The molecule has 1 heterocycles. The average Bonchev–Trinajstić information content (AvgIpc) is 2.66. The normalized spacial score (nSPS) is 15.1. The van der Waals surface area contributed by atoms with Crippen molar-refractivity contribution < 1.29 is 33.3 Å². The smallest absolute Gasteiger partial charge is 0.339 e. The summed E-state index contributed by atoms with van der Waals surface area (Å²) in [6.45, 7) is 3.31. The highest BCUT2D eigenvalue weighted by Gasteiger charge is 2.20. The number of ether oxygens (including phenoxy) is 4. The molecule has 142 valence electrons. The second-order valence-electron chi connectivity index (χ2n) is 5.60. The number of benzene rings is 1. The molecule has 0 bridgehead atoms. The van der Waals surface area contributed by atoms with Gasteiger partial charge in [-0.15, -0.1) is 0 Å². The quantitative estimate of drug-likeness (QED) is 0.673. The van der Waals surface area contributed by atoms with Gasteiger partial charge in [0.25, 0.3) is 11.8 Å². The molecule has 1 fully saturated rings. The lowest BCUT2D eigenvalue weighted by molar-refractivity contribution is -0.137. The van der Waals surface area contributed by atoms with E-state index in [2.05, 4.69) is 0 Å². The van der Waals surface area contributed by atoms with E-state index in [1.165, 1.54) is 32.2 Å². The Balaban J connectivity index is 2.00. The lowest BCUT2D eigenvalue weighted by Gasteiger charge is -2.26. The Morgan fingerprint density at radius 2 is 1.92 bits per heavy atom. The standard InChI is InChI=1S/C17H22N2O7/c1-11(16(18)21)26-17(22)12-3-4-13(14(9-12)23-2)25-10-15(20)19-5-7-24-8-6-19/h3-4,9,11H,5-8,10H2,1-2H3,(H2,18,21)/t11-/m0/s1. The van der Waals surface area contributed by atoms with Crippen LogP contribution in [0.25, 0.3) is 0 Å². The molecule has 1 atom stereocenters. The van der Waals surface area contributed by atoms with Crippen molar-refractivity contribution in [1.29, 1.82) is 0 Å². The molecule has 0 unspecified atom stereocenters. The highest BCUT2D eigenvalue weighted by atomic mass is 16.5. The van der Waals surface area contributed by atoms with Crippen LogP contribution in [0.15, 0.2) is 18.2 Å². The van der Waals surface area contributed by atoms with E-state index in [1.807, 2.05) is 0 Å². The van der Waals surface area contributed by atoms with E-state index in [4.69, 9.17) is 24.7 Å². The number of esters is 1. The molecule has 1 aromatic rings. The maximum atomic E-state index is 12.1. The van der Waals surface area contributed by atoms with Gasteiger partial charge in [0.2, 0.25) is 0 Å². The number of hydrogen-bond donors (Lipinski definition) is 1. The molecule has 0 spiro atoms. The van der Waals surface area contributed by atoms with Crippen LogP contribution >= 0.6 is 0 Å². The van der Waals surface area contributed by atoms with Gasteiger partial charge in [-0.2, -0.15) is 0 Å². The minimum absolute atomic E-state index is 0.154. The zero-order chi connectivity index (χ0) is 19.1. The molecule has 0 radical (unpaired) electrons. The second kappa shape index (κ2) is 9.04. The molecule has 9 heteroatoms. The number of nitrogens with zero attached hydrogens (tertiary/aromatic N) is 1. The first-order valence-corrected chi connectivity index (χ1v) is 8.09. The first-order valence-electron chi connectivity index (χ1n) is 8.09. The largest absolute Gasteiger partial charge is 0.493 e. The number of carbonyl (C=O) groups excluding carboxylic acids is 3. The Bertz CT molecular complexity index is 671. The lowest BCUT2D eigenvalue weighted by atomic mass is 10.2. The van der Waals surface area contributed by atoms with Gasteiger partial charge in [-0.05, 0) is 25.1 Å². The molecule has 1 aliphatic rings. The summed E-state index contributed by atoms with van der Waals surface area (Å²) in [5, 5.41) is 0. The fourth-order valence-electron chi connectivity index (χ4n) is 2.24. The predicted molar refractivity (Wildman–Crippen MR) is 90.0 cm³/mol. The van der Waals surface area contributed by atoms with Gasteiger partial charge in [0, 0.05) is 13.1 Å². The van der Waals surface area contributed by atoms with E-state index in [0.29, 0.717) is 32.1 Å². The van der Waals surface area contributed by atoms with E-state index in [1.54, 1.807) is 4.90 Å². The molecule has 2 amide bonds. The van der Waals surface area contributed by atoms with Crippen LogP contribution in [0.4, 0.5) is 0 Å². The van der Waals surface area contributed by atoms with Crippen LogP contribution < -0.4 is 15.2 Å². The molecular weight excluding hydrogens is 344 g/mol. The van der Waals surface area contributed by atoms with Gasteiger partial charge < -0.3 is 29.6 Å². The fourth-order valence-corrected chi connectivity index (χ4v) is 2.24. The minimum atomic E-state index is -1.05. The fraction of sp³-hybridized carbons (Fsp3) is 0.471. The molecule has 1 aromatic carbocycles. The number of hydrogen-bond acceptors (Lipinski definition) is 7. The van der Waals surface area contributed by atoms with Gasteiger partial charge in [0.15, 0.2) is 24.2 Å². The summed E-state index contributed by atoms with van der Waals surface area (Å²) in [5.74, 6) is -1.04. The monoisotopic (exact) mass is 366 g/mol. The summed E-state index contributed by atoms with van der Waals surface area (Å²) in [6.07, 6.45) is -1.05. The summed E-state index contributed by atoms with van der Waals surface area (Å²) in [4.78, 5) is 36.8. The van der Waals surface area contributed by atoms with Crippen molar-refractivity contribution >= 4 is 17.8 Å². The van der Waals surface area contributed by atoms with Crippen LogP contribution in [0.1, 0.15) is 17.3 Å². The summed E-state index contributed by atoms with van der Waals surface area (Å²) in [5.41, 5.74) is 5.24. The Labute approximate surface area is 150 Å². The zero-order valence-corrected chi connectivity index (χ0v) is 14.7. The minimum Gasteiger partial charge on any atom is -0.493 e. The third kappa shape index (κ3) is 5.09. The SMILES string of the molecule is COc1cc(C(=O)O[C@@H](C)C(N)=O)ccc1OCC(=O)N1CCOCC1. The van der Waals surface area contributed by atoms with Crippen molar-refractivity contribution in [1.82, 2.24) is 4.90 Å². The summed E-state index contributed by atoms with van der Waals surface area (Å²) in [7, 11) is 1.41. The van der Waals surface area contributed by atoms with Crippen LogP contribution in [0.3, 0.4) is 0 Å². The van der Waals surface area contributed by atoms with Gasteiger partial charge in [-0.25, -0.2) is 4.79 Å². The van der Waals surface area contributed by atoms with Crippen molar-refractivity contribution in [2.45, 2.75) is 13.0 Å². The van der Waals surface area contributed by atoms with Crippen molar-refractivity contribution in [2.75, 3.05) is 40.0 Å². The third-order valence-electron chi connectivity index (χ3n) is 3.80. The van der Waals surface area contributed by atoms with Crippen LogP contribution in [0.5, 0.6) is 11.5 Å². The number of carbonyl (C=O) groups is 3. The lowest BCUT2D eigenvalue weighted by Crippen LogP contribution is -2.43. The number of nitrogens with two attached hydrogens (primary N) is 1. The molecule has 1 aliphatic heterocycles. The van der Waals surface area contributed by atoms with Crippen molar-refractivity contribution in [3.05, 3.63) is 23.8 Å². The summed E-state index contributed by atoms with van der Waals surface area (Å²) < 4.78 is 20.8. The van der Waals surface area contributed by atoms with E-state index in [-0.39, 0.29) is 23.8 Å². The predicted octanol–water partition coefficient (Wildman–Crippen LogP) is -0.0366. The molecular formula is C17H22N2O7. The Kier molecular flexibility index (Phi) is 6.79. The van der Waals surface area contributed by atoms with Gasteiger partial charge in [0.05, 0.1) is 25.9 Å². The van der Waals surface area contributed by atoms with E-state index in [0.717, 1.165) is 0 Å². The molecule has 0 aromatic heterocycles. The van der Waals surface area contributed by atoms with Crippen molar-refractivity contribution in [2.24, 2.45) is 5.73 Å². The first-order chi connectivity index (χ1) is 12.4. The van der Waals surface area contributed by atoms with Crippen molar-refractivity contribution in [3.8, 4) is 11.5 Å². The highest BCUT2D eigenvalue weighted by Crippen LogP contribution is 2.28. The van der Waals surface area contributed by atoms with E-state index < -0.39 is 18.0 Å².